The molecular weight excluding hydrogens is 383 g/mol. The summed E-state index contributed by atoms with van der Waals surface area (Å²) in [4.78, 5) is 28.8. The molecule has 0 unspecified atom stereocenters. The number of hydrogen-bond acceptors (Lipinski definition) is 4. The van der Waals surface area contributed by atoms with Gasteiger partial charge in [-0.1, -0.05) is 0 Å². The quantitative estimate of drug-likeness (QED) is 0.714. The molecule has 0 bridgehead atoms. The Morgan fingerprint density at radius 2 is 1.83 bits per heavy atom. The predicted octanol–water partition coefficient (Wildman–Crippen LogP) is 3.47. The van der Waals surface area contributed by atoms with Gasteiger partial charge in [0.1, 0.15) is 17.8 Å². The number of H-pyrrole nitrogens is 1. The van der Waals surface area contributed by atoms with Gasteiger partial charge in [-0.05, 0) is 43.2 Å². The lowest BCUT2D eigenvalue weighted by Crippen LogP contribution is -2.57. The van der Waals surface area contributed by atoms with Crippen molar-refractivity contribution in [2.75, 3.05) is 24.5 Å². The lowest BCUT2D eigenvalue weighted by molar-refractivity contribution is -0.137. The Kier molecular flexibility index (Phi) is 3.84. The predicted molar refractivity (Wildman–Crippen MR) is 101 cm³/mol. The van der Waals surface area contributed by atoms with Gasteiger partial charge in [-0.25, -0.2) is 9.97 Å². The minimum atomic E-state index is -4.41. The summed E-state index contributed by atoms with van der Waals surface area (Å²) in [6.07, 6.45) is 0.675. The van der Waals surface area contributed by atoms with Crippen molar-refractivity contribution in [3.05, 3.63) is 54.0 Å². The van der Waals surface area contributed by atoms with Crippen molar-refractivity contribution < 1.29 is 18.0 Å². The third-order valence-corrected chi connectivity index (χ3v) is 5.82. The van der Waals surface area contributed by atoms with Crippen LogP contribution in [0.4, 0.5) is 19.0 Å². The molecule has 2 fully saturated rings. The summed E-state index contributed by atoms with van der Waals surface area (Å²) in [6.45, 7) is 1.75. The highest BCUT2D eigenvalue weighted by Gasteiger charge is 2.53. The number of alkyl halides is 3. The Labute approximate surface area is 164 Å². The van der Waals surface area contributed by atoms with Crippen LogP contribution in [0.5, 0.6) is 0 Å². The highest BCUT2D eigenvalue weighted by molar-refractivity contribution is 5.95. The molecule has 1 saturated heterocycles. The third-order valence-electron chi connectivity index (χ3n) is 5.82. The van der Waals surface area contributed by atoms with Gasteiger partial charge in [0, 0.05) is 31.4 Å². The normalized spacial score (nSPS) is 18.4. The Balaban J connectivity index is 1.37. The van der Waals surface area contributed by atoms with Crippen molar-refractivity contribution in [3.63, 3.8) is 0 Å². The van der Waals surface area contributed by atoms with Crippen molar-refractivity contribution in [3.8, 4) is 0 Å². The molecule has 1 aromatic carbocycles. The molecule has 9 heteroatoms. The zero-order valence-corrected chi connectivity index (χ0v) is 15.4. The SMILES string of the molecule is O=C(c1ccc(C(F)(F)F)cc1)N1CCN(c2ncnc3[nH]ccc23)CC12CC2. The molecule has 1 amide bonds. The minimum absolute atomic E-state index is 0.217. The number of rotatable bonds is 2. The third kappa shape index (κ3) is 3.01. The minimum Gasteiger partial charge on any atom is -0.352 e. The largest absolute Gasteiger partial charge is 0.416 e. The second-order valence-corrected chi connectivity index (χ2v) is 7.62. The summed E-state index contributed by atoms with van der Waals surface area (Å²) in [5.41, 5.74) is 0.0150. The van der Waals surface area contributed by atoms with Crippen LogP contribution in [0.2, 0.25) is 0 Å². The molecule has 2 aromatic heterocycles. The molecule has 1 spiro atoms. The number of carbonyl (C=O) groups is 1. The highest BCUT2D eigenvalue weighted by atomic mass is 19.4. The molecule has 3 aromatic rings. The number of fused-ring (bicyclic) bond motifs is 1. The first-order chi connectivity index (χ1) is 13.9. The number of amides is 1. The number of carbonyl (C=O) groups excluding carboxylic acids is 1. The van der Waals surface area contributed by atoms with E-state index in [-0.39, 0.29) is 17.0 Å². The van der Waals surface area contributed by atoms with Gasteiger partial charge in [0.15, 0.2) is 0 Å². The van der Waals surface area contributed by atoms with Crippen LogP contribution in [0.15, 0.2) is 42.9 Å². The Bertz CT molecular complexity index is 1070. The molecule has 0 atom stereocenters. The lowest BCUT2D eigenvalue weighted by atomic mass is 10.1. The fourth-order valence-corrected chi connectivity index (χ4v) is 4.12. The first-order valence-corrected chi connectivity index (χ1v) is 9.40. The zero-order chi connectivity index (χ0) is 20.2. The van der Waals surface area contributed by atoms with Gasteiger partial charge in [-0.15, -0.1) is 0 Å². The number of halogens is 3. The molecule has 0 radical (unpaired) electrons. The fourth-order valence-electron chi connectivity index (χ4n) is 4.12. The monoisotopic (exact) mass is 401 g/mol. The van der Waals surface area contributed by atoms with E-state index in [1.807, 2.05) is 17.2 Å². The number of aromatic nitrogens is 3. The maximum atomic E-state index is 13.0. The summed E-state index contributed by atoms with van der Waals surface area (Å²) in [5, 5.41) is 0.936. The van der Waals surface area contributed by atoms with Crippen molar-refractivity contribution in [2.24, 2.45) is 0 Å². The average molecular weight is 401 g/mol. The van der Waals surface area contributed by atoms with E-state index >= 15 is 0 Å². The van der Waals surface area contributed by atoms with Crippen LogP contribution in [0.1, 0.15) is 28.8 Å². The van der Waals surface area contributed by atoms with Crippen LogP contribution in [0, 0.1) is 0 Å². The van der Waals surface area contributed by atoms with Crippen molar-refractivity contribution in [2.45, 2.75) is 24.6 Å². The second-order valence-electron chi connectivity index (χ2n) is 7.62. The van der Waals surface area contributed by atoms with Gasteiger partial charge < -0.3 is 14.8 Å². The molecule has 1 aliphatic carbocycles. The summed E-state index contributed by atoms with van der Waals surface area (Å²) in [6, 6.07) is 6.39. The summed E-state index contributed by atoms with van der Waals surface area (Å²) >= 11 is 0. The first-order valence-electron chi connectivity index (χ1n) is 9.40. The van der Waals surface area contributed by atoms with Gasteiger partial charge >= 0.3 is 6.18 Å². The number of hydrogen-bond donors (Lipinski definition) is 1. The van der Waals surface area contributed by atoms with Gasteiger partial charge in [-0.2, -0.15) is 13.2 Å². The molecule has 6 nitrogen and oxygen atoms in total. The lowest BCUT2D eigenvalue weighted by Gasteiger charge is -2.43. The topological polar surface area (TPSA) is 65.1 Å². The standard InChI is InChI=1S/C20H18F3N5O/c21-20(22,23)14-3-1-13(2-4-14)18(29)28-10-9-27(11-19(28)6-7-19)17-15-5-8-24-16(15)25-12-26-17/h1-5,8,12H,6-7,9-11H2,(H,24,25,26). The van der Waals surface area contributed by atoms with E-state index in [0.717, 1.165) is 41.8 Å². The smallest absolute Gasteiger partial charge is 0.352 e. The maximum Gasteiger partial charge on any atom is 0.416 e. The van der Waals surface area contributed by atoms with Crippen LogP contribution < -0.4 is 4.90 Å². The summed E-state index contributed by atoms with van der Waals surface area (Å²) < 4.78 is 38.4. The number of nitrogens with zero attached hydrogens (tertiary/aromatic N) is 4. The van der Waals surface area contributed by atoms with E-state index in [4.69, 9.17) is 0 Å². The molecule has 1 N–H and O–H groups in total. The fraction of sp³-hybridized carbons (Fsp3) is 0.350. The van der Waals surface area contributed by atoms with E-state index in [2.05, 4.69) is 19.9 Å². The number of nitrogens with one attached hydrogen (secondary N) is 1. The average Bonchev–Trinajstić information content (AvgIpc) is 3.28. The number of aromatic amines is 1. The molecule has 2 aliphatic rings. The summed E-state index contributed by atoms with van der Waals surface area (Å²) in [5.74, 6) is 0.620. The van der Waals surface area contributed by atoms with Gasteiger partial charge in [0.25, 0.3) is 5.91 Å². The molecule has 150 valence electrons. The Morgan fingerprint density at radius 1 is 1.07 bits per heavy atom. The molecule has 1 aliphatic heterocycles. The maximum absolute atomic E-state index is 13.0. The number of benzene rings is 1. The van der Waals surface area contributed by atoms with E-state index in [9.17, 15) is 18.0 Å². The van der Waals surface area contributed by atoms with E-state index in [1.165, 1.54) is 18.5 Å². The van der Waals surface area contributed by atoms with Gasteiger partial charge in [0.2, 0.25) is 0 Å². The molecule has 29 heavy (non-hydrogen) atoms. The molecule has 3 heterocycles. The van der Waals surface area contributed by atoms with E-state index in [0.29, 0.717) is 19.6 Å². The second kappa shape index (κ2) is 6.20. The van der Waals surface area contributed by atoms with E-state index < -0.39 is 11.7 Å². The van der Waals surface area contributed by atoms with Gasteiger partial charge in [0.05, 0.1) is 16.5 Å². The van der Waals surface area contributed by atoms with Crippen LogP contribution in [0.3, 0.4) is 0 Å². The van der Waals surface area contributed by atoms with Crippen LogP contribution in [0.25, 0.3) is 11.0 Å². The summed E-state index contributed by atoms with van der Waals surface area (Å²) in [7, 11) is 0. The Hall–Kier alpha value is -3.10. The Morgan fingerprint density at radius 3 is 2.52 bits per heavy atom. The molecular formula is C20H18F3N5O. The van der Waals surface area contributed by atoms with Gasteiger partial charge in [-0.3, -0.25) is 4.79 Å². The van der Waals surface area contributed by atoms with Crippen molar-refractivity contribution in [1.82, 2.24) is 19.9 Å². The van der Waals surface area contributed by atoms with Crippen LogP contribution in [-0.2, 0) is 6.18 Å². The first kappa shape index (κ1) is 18.0. The molecule has 1 saturated carbocycles. The van der Waals surface area contributed by atoms with E-state index in [1.54, 1.807) is 0 Å². The van der Waals surface area contributed by atoms with Crippen LogP contribution in [-0.4, -0.2) is 50.9 Å². The van der Waals surface area contributed by atoms with Crippen LogP contribution >= 0.6 is 0 Å². The van der Waals surface area contributed by atoms with Crippen molar-refractivity contribution >= 4 is 22.8 Å². The zero-order valence-electron chi connectivity index (χ0n) is 15.4. The molecule has 5 rings (SSSR count). The highest BCUT2D eigenvalue weighted by Crippen LogP contribution is 2.46. The number of piperazine rings is 1. The van der Waals surface area contributed by atoms with Crippen molar-refractivity contribution in [1.29, 1.82) is 0 Å². The number of anilines is 1.